The smallest absolute Gasteiger partial charge is 0.324 e. The summed E-state index contributed by atoms with van der Waals surface area (Å²) in [6, 6.07) is 17.0. The molecule has 0 fully saturated rings. The molecule has 5 rings (SSSR count). The van der Waals surface area contributed by atoms with Crippen LogP contribution in [0.4, 0.5) is 16.3 Å². The summed E-state index contributed by atoms with van der Waals surface area (Å²) < 4.78 is 12.7. The maximum Gasteiger partial charge on any atom is 0.324 e. The molecule has 3 heterocycles. The molecule has 192 valence electrons. The number of ether oxygens (including phenoxy) is 1. The number of anilines is 2. The molecule has 0 unspecified atom stereocenters. The molecule has 11 nitrogen and oxygen atoms in total. The fraction of sp³-hybridized carbons (Fsp3) is 0.148. The van der Waals surface area contributed by atoms with Crippen molar-refractivity contribution in [2.45, 2.75) is 19.8 Å². The predicted octanol–water partition coefficient (Wildman–Crippen LogP) is 5.33. The Kier molecular flexibility index (Phi) is 6.72. The summed E-state index contributed by atoms with van der Waals surface area (Å²) in [5.74, 6) is 1.39. The molecular weight excluding hydrogens is 486 g/mol. The number of urea groups is 1. The fourth-order valence-corrected chi connectivity index (χ4v) is 3.71. The zero-order valence-corrected chi connectivity index (χ0v) is 20.9. The van der Waals surface area contributed by atoms with Crippen molar-refractivity contribution in [3.05, 3.63) is 84.4 Å². The minimum Gasteiger partial charge on any atom is -0.457 e. The molecule has 0 aliphatic carbocycles. The third kappa shape index (κ3) is 5.31. The highest BCUT2D eigenvalue weighted by Crippen LogP contribution is 2.26. The molecule has 38 heavy (non-hydrogen) atoms. The number of amides is 3. The monoisotopic (exact) mass is 511 g/mol. The van der Waals surface area contributed by atoms with E-state index < -0.39 is 6.03 Å². The number of carbonyl (C=O) groups excluding carboxylic acids is 2. The molecule has 0 atom stereocenters. The molecule has 0 aliphatic heterocycles. The quantitative estimate of drug-likeness (QED) is 0.269. The minimum atomic E-state index is -0.425. The van der Waals surface area contributed by atoms with E-state index in [1.54, 1.807) is 47.3 Å². The lowest BCUT2D eigenvalue weighted by molar-refractivity contribution is 0.0958. The van der Waals surface area contributed by atoms with Gasteiger partial charge in [0.05, 0.1) is 17.6 Å². The van der Waals surface area contributed by atoms with E-state index in [1.165, 1.54) is 13.2 Å². The first-order valence-corrected chi connectivity index (χ1v) is 11.9. The first-order valence-electron chi connectivity index (χ1n) is 11.9. The Labute approximate surface area is 217 Å². The second-order valence-corrected chi connectivity index (χ2v) is 8.73. The largest absolute Gasteiger partial charge is 0.457 e. The van der Waals surface area contributed by atoms with Crippen LogP contribution in [0, 0.1) is 0 Å². The van der Waals surface area contributed by atoms with Crippen molar-refractivity contribution in [3.63, 3.8) is 0 Å². The van der Waals surface area contributed by atoms with Gasteiger partial charge in [-0.1, -0.05) is 19.0 Å². The molecule has 11 heteroatoms. The molecule has 0 spiro atoms. The first-order chi connectivity index (χ1) is 18.4. The number of pyridine rings is 1. The summed E-state index contributed by atoms with van der Waals surface area (Å²) in [6.45, 7) is 4.07. The van der Waals surface area contributed by atoms with Crippen LogP contribution in [0.3, 0.4) is 0 Å². The Hall–Kier alpha value is -5.19. The summed E-state index contributed by atoms with van der Waals surface area (Å²) in [5, 5.41) is 17.6. The predicted molar refractivity (Wildman–Crippen MR) is 142 cm³/mol. The highest BCUT2D eigenvalue weighted by atomic mass is 16.5. The number of nitrogens with one attached hydrogen (secondary N) is 3. The van der Waals surface area contributed by atoms with Gasteiger partial charge >= 0.3 is 6.03 Å². The van der Waals surface area contributed by atoms with E-state index in [0.29, 0.717) is 28.6 Å². The summed E-state index contributed by atoms with van der Waals surface area (Å²) in [4.78, 5) is 28.7. The van der Waals surface area contributed by atoms with Crippen LogP contribution < -0.4 is 20.7 Å². The van der Waals surface area contributed by atoms with E-state index in [-0.39, 0.29) is 17.5 Å². The second-order valence-electron chi connectivity index (χ2n) is 8.73. The van der Waals surface area contributed by atoms with Gasteiger partial charge in [-0.2, -0.15) is 5.10 Å². The zero-order chi connectivity index (χ0) is 26.6. The standard InChI is InChI=1S/C27H25N7O4/c1-16(2)22-14-25(34(33-22)19-6-9-24-17(12-19)15-30-38-24)32-27(36)31-18-4-7-20(8-5-18)37-21-10-11-29-23(13-21)26(35)28-3/h4-16H,1-3H3,(H,28,35)(H2,31,32,36). The molecule has 3 N–H and O–H groups in total. The molecular formula is C27H25N7O4. The number of aromatic nitrogens is 4. The first kappa shape index (κ1) is 24.5. The Morgan fingerprint density at radius 3 is 2.55 bits per heavy atom. The van der Waals surface area contributed by atoms with E-state index in [2.05, 4.69) is 31.2 Å². The van der Waals surface area contributed by atoms with Gasteiger partial charge in [0.25, 0.3) is 5.91 Å². The van der Waals surface area contributed by atoms with Crippen molar-refractivity contribution in [1.29, 1.82) is 0 Å². The normalized spacial score (nSPS) is 10.9. The van der Waals surface area contributed by atoms with Crippen molar-refractivity contribution in [1.82, 2.24) is 25.2 Å². The highest BCUT2D eigenvalue weighted by molar-refractivity contribution is 5.99. The minimum absolute atomic E-state index is 0.166. The van der Waals surface area contributed by atoms with Crippen LogP contribution in [0.1, 0.15) is 35.9 Å². The fourth-order valence-electron chi connectivity index (χ4n) is 3.71. The molecule has 3 amide bonds. The molecule has 0 radical (unpaired) electrons. The van der Waals surface area contributed by atoms with Gasteiger partial charge in [0.2, 0.25) is 0 Å². The number of hydrogen-bond donors (Lipinski definition) is 3. The summed E-state index contributed by atoms with van der Waals surface area (Å²) >= 11 is 0. The van der Waals surface area contributed by atoms with Crippen molar-refractivity contribution >= 4 is 34.4 Å². The summed E-state index contributed by atoms with van der Waals surface area (Å²) in [5.41, 5.74) is 3.08. The van der Waals surface area contributed by atoms with Crippen LogP contribution in [-0.4, -0.2) is 38.9 Å². The van der Waals surface area contributed by atoms with Crippen molar-refractivity contribution in [2.24, 2.45) is 0 Å². The average Bonchev–Trinajstić information content (AvgIpc) is 3.56. The van der Waals surface area contributed by atoms with Crippen LogP contribution >= 0.6 is 0 Å². The molecule has 0 bridgehead atoms. The van der Waals surface area contributed by atoms with E-state index in [9.17, 15) is 9.59 Å². The number of hydrogen-bond acceptors (Lipinski definition) is 7. The number of rotatable bonds is 7. The van der Waals surface area contributed by atoms with Gasteiger partial charge in [-0.3, -0.25) is 15.1 Å². The van der Waals surface area contributed by atoms with Gasteiger partial charge in [-0.05, 0) is 54.4 Å². The number of benzene rings is 2. The number of carbonyl (C=O) groups is 2. The van der Waals surface area contributed by atoms with E-state index in [0.717, 1.165) is 16.8 Å². The highest BCUT2D eigenvalue weighted by Gasteiger charge is 2.16. The van der Waals surface area contributed by atoms with Crippen molar-refractivity contribution < 1.29 is 18.8 Å². The van der Waals surface area contributed by atoms with Gasteiger partial charge in [-0.15, -0.1) is 0 Å². The zero-order valence-electron chi connectivity index (χ0n) is 20.9. The van der Waals surface area contributed by atoms with E-state index in [1.807, 2.05) is 38.1 Å². The molecule has 2 aromatic carbocycles. The Balaban J connectivity index is 1.28. The molecule has 0 saturated heterocycles. The SMILES string of the molecule is CNC(=O)c1cc(Oc2ccc(NC(=O)Nc3cc(C(C)C)nn3-c3ccc4oncc4c3)cc2)ccn1. The van der Waals surface area contributed by atoms with Crippen LogP contribution in [0.2, 0.25) is 0 Å². The molecule has 0 aliphatic rings. The average molecular weight is 512 g/mol. The lowest BCUT2D eigenvalue weighted by atomic mass is 10.1. The maximum absolute atomic E-state index is 12.9. The third-order valence-corrected chi connectivity index (χ3v) is 5.68. The number of nitrogens with zero attached hydrogens (tertiary/aromatic N) is 4. The van der Waals surface area contributed by atoms with Crippen LogP contribution in [0.5, 0.6) is 11.5 Å². The lowest BCUT2D eigenvalue weighted by Crippen LogP contribution is -2.21. The molecule has 3 aromatic heterocycles. The van der Waals surface area contributed by atoms with Crippen molar-refractivity contribution in [2.75, 3.05) is 17.7 Å². The third-order valence-electron chi connectivity index (χ3n) is 5.68. The maximum atomic E-state index is 12.9. The van der Waals surface area contributed by atoms with Gasteiger partial charge in [0, 0.05) is 36.5 Å². The van der Waals surface area contributed by atoms with Gasteiger partial charge in [0.15, 0.2) is 5.58 Å². The Morgan fingerprint density at radius 2 is 1.79 bits per heavy atom. The van der Waals surface area contributed by atoms with Gasteiger partial charge in [0.1, 0.15) is 23.0 Å². The lowest BCUT2D eigenvalue weighted by Gasteiger charge is -2.11. The van der Waals surface area contributed by atoms with Gasteiger partial charge in [-0.25, -0.2) is 9.48 Å². The van der Waals surface area contributed by atoms with E-state index >= 15 is 0 Å². The van der Waals surface area contributed by atoms with Crippen LogP contribution in [0.15, 0.2) is 77.6 Å². The van der Waals surface area contributed by atoms with Gasteiger partial charge < -0.3 is 19.9 Å². The molecule has 5 aromatic rings. The topological polar surface area (TPSA) is 136 Å². The Bertz CT molecular complexity index is 1610. The van der Waals surface area contributed by atoms with E-state index in [4.69, 9.17) is 9.26 Å². The van der Waals surface area contributed by atoms with Crippen LogP contribution in [0.25, 0.3) is 16.7 Å². The number of fused-ring (bicyclic) bond motifs is 1. The van der Waals surface area contributed by atoms with Crippen LogP contribution in [-0.2, 0) is 0 Å². The van der Waals surface area contributed by atoms with Crippen molar-refractivity contribution in [3.8, 4) is 17.2 Å². The summed E-state index contributed by atoms with van der Waals surface area (Å²) in [6.07, 6.45) is 3.13. The Morgan fingerprint density at radius 1 is 0.974 bits per heavy atom. The second kappa shape index (κ2) is 10.4. The molecule has 0 saturated carbocycles. The summed E-state index contributed by atoms with van der Waals surface area (Å²) in [7, 11) is 1.54.